The number of para-hydroxylation sites is 1. The molecule has 4 aromatic rings. The summed E-state index contributed by atoms with van der Waals surface area (Å²) < 4.78 is 15.9. The molecule has 0 atom stereocenters. The number of aryl methyl sites for hydroxylation is 1. The molecule has 0 aliphatic rings. The van der Waals surface area contributed by atoms with E-state index in [0.717, 1.165) is 22.8 Å². The van der Waals surface area contributed by atoms with Gasteiger partial charge in [0.15, 0.2) is 0 Å². The second-order valence-electron chi connectivity index (χ2n) is 6.66. The Morgan fingerprint density at radius 2 is 1.87 bits per heavy atom. The standard InChI is InChI=1S/C20H14FN5O5/c1-24-10-13(18(27)22-11-7-8-14(21)15(9-11)26(30)31)16-17(24)19(28)25(20(29)23-16)12-5-3-2-4-6-12/h2-10H,1H3,(H,22,27)(H,23,29). The number of fused-ring (bicyclic) bond motifs is 1. The molecule has 0 aliphatic carbocycles. The highest BCUT2D eigenvalue weighted by atomic mass is 19.1. The summed E-state index contributed by atoms with van der Waals surface area (Å²) in [5.41, 5.74) is -1.74. The second kappa shape index (κ2) is 7.37. The van der Waals surface area contributed by atoms with Crippen LogP contribution in [0.15, 0.2) is 64.3 Å². The Morgan fingerprint density at radius 1 is 1.16 bits per heavy atom. The van der Waals surface area contributed by atoms with Crippen molar-refractivity contribution < 1.29 is 14.1 Å². The number of nitro benzene ring substituents is 1. The number of nitrogens with zero attached hydrogens (tertiary/aromatic N) is 3. The van der Waals surface area contributed by atoms with Gasteiger partial charge in [0.1, 0.15) is 5.52 Å². The zero-order valence-corrected chi connectivity index (χ0v) is 16.0. The Balaban J connectivity index is 1.80. The molecule has 31 heavy (non-hydrogen) atoms. The second-order valence-corrected chi connectivity index (χ2v) is 6.66. The van der Waals surface area contributed by atoms with E-state index >= 15 is 0 Å². The molecule has 2 aromatic carbocycles. The zero-order valence-electron chi connectivity index (χ0n) is 16.0. The summed E-state index contributed by atoms with van der Waals surface area (Å²) in [5, 5.41) is 13.3. The van der Waals surface area contributed by atoms with Gasteiger partial charge in [0.05, 0.1) is 21.7 Å². The van der Waals surface area contributed by atoms with Crippen LogP contribution in [0.5, 0.6) is 0 Å². The van der Waals surface area contributed by atoms with E-state index in [1.807, 2.05) is 0 Å². The first-order valence-corrected chi connectivity index (χ1v) is 8.93. The molecule has 0 saturated heterocycles. The normalized spacial score (nSPS) is 10.9. The SMILES string of the molecule is Cn1cc(C(=O)Nc2ccc(F)c([N+](=O)[O-])c2)c2[nH]c(=O)n(-c3ccccc3)c(=O)c21. The Labute approximate surface area is 172 Å². The molecular weight excluding hydrogens is 409 g/mol. The fraction of sp³-hybridized carbons (Fsp3) is 0.0500. The van der Waals surface area contributed by atoms with Crippen molar-refractivity contribution in [3.8, 4) is 5.69 Å². The van der Waals surface area contributed by atoms with Crippen molar-refractivity contribution in [3.05, 3.63) is 97.1 Å². The maximum absolute atomic E-state index is 13.5. The molecule has 0 fully saturated rings. The number of carbonyl (C=O) groups excluding carboxylic acids is 1. The quantitative estimate of drug-likeness (QED) is 0.384. The van der Waals surface area contributed by atoms with Crippen molar-refractivity contribution >= 4 is 28.3 Å². The van der Waals surface area contributed by atoms with Gasteiger partial charge in [0.2, 0.25) is 5.82 Å². The summed E-state index contributed by atoms with van der Waals surface area (Å²) in [6.07, 6.45) is 1.35. The minimum atomic E-state index is -1.04. The van der Waals surface area contributed by atoms with Crippen molar-refractivity contribution in [2.24, 2.45) is 7.05 Å². The zero-order chi connectivity index (χ0) is 22.3. The molecule has 2 heterocycles. The minimum absolute atomic E-state index is 0.0128. The van der Waals surface area contributed by atoms with Crippen molar-refractivity contribution in [2.75, 3.05) is 5.32 Å². The number of rotatable bonds is 4. The first-order chi connectivity index (χ1) is 14.8. The maximum Gasteiger partial charge on any atom is 0.333 e. The highest BCUT2D eigenvalue weighted by Gasteiger charge is 2.21. The third-order valence-corrected chi connectivity index (χ3v) is 4.68. The summed E-state index contributed by atoms with van der Waals surface area (Å²) in [6.45, 7) is 0. The highest BCUT2D eigenvalue weighted by Crippen LogP contribution is 2.23. The van der Waals surface area contributed by atoms with Crippen LogP contribution in [-0.4, -0.2) is 24.9 Å². The average Bonchev–Trinajstić information content (AvgIpc) is 3.06. The molecule has 0 unspecified atom stereocenters. The lowest BCUT2D eigenvalue weighted by Gasteiger charge is -2.06. The lowest BCUT2D eigenvalue weighted by Crippen LogP contribution is -2.34. The highest BCUT2D eigenvalue weighted by molar-refractivity contribution is 6.11. The predicted molar refractivity (Wildman–Crippen MR) is 110 cm³/mol. The molecule has 11 heteroatoms. The van der Waals surface area contributed by atoms with E-state index < -0.39 is 33.6 Å². The van der Waals surface area contributed by atoms with Gasteiger partial charge in [-0.2, -0.15) is 4.39 Å². The van der Waals surface area contributed by atoms with E-state index in [1.165, 1.54) is 17.8 Å². The van der Waals surface area contributed by atoms with Crippen LogP contribution in [0.3, 0.4) is 0 Å². The number of H-pyrrole nitrogens is 1. The number of nitro groups is 1. The maximum atomic E-state index is 13.5. The molecule has 0 aliphatic heterocycles. The van der Waals surface area contributed by atoms with E-state index in [1.54, 1.807) is 30.3 Å². The van der Waals surface area contributed by atoms with Gasteiger partial charge in [0, 0.05) is 25.0 Å². The first kappa shape index (κ1) is 19.8. The number of nitrogens with one attached hydrogen (secondary N) is 2. The smallest absolute Gasteiger partial charge is 0.333 e. The Morgan fingerprint density at radius 3 is 2.55 bits per heavy atom. The largest absolute Gasteiger partial charge is 0.344 e. The van der Waals surface area contributed by atoms with Crippen molar-refractivity contribution in [1.29, 1.82) is 0 Å². The van der Waals surface area contributed by atoms with Gasteiger partial charge in [-0.05, 0) is 24.3 Å². The van der Waals surface area contributed by atoms with Crippen molar-refractivity contribution in [2.45, 2.75) is 0 Å². The van der Waals surface area contributed by atoms with Gasteiger partial charge in [-0.25, -0.2) is 9.36 Å². The van der Waals surface area contributed by atoms with Gasteiger partial charge < -0.3 is 14.9 Å². The number of hydrogen-bond donors (Lipinski definition) is 2. The topological polar surface area (TPSA) is 132 Å². The summed E-state index contributed by atoms with van der Waals surface area (Å²) in [7, 11) is 1.54. The number of benzene rings is 2. The molecule has 0 radical (unpaired) electrons. The molecule has 156 valence electrons. The molecule has 2 N–H and O–H groups in total. The van der Waals surface area contributed by atoms with Gasteiger partial charge in [0.25, 0.3) is 11.5 Å². The lowest BCUT2D eigenvalue weighted by molar-refractivity contribution is -0.387. The minimum Gasteiger partial charge on any atom is -0.344 e. The van der Waals surface area contributed by atoms with E-state index in [0.29, 0.717) is 5.69 Å². The van der Waals surface area contributed by atoms with Crippen LogP contribution < -0.4 is 16.6 Å². The van der Waals surface area contributed by atoms with Gasteiger partial charge >= 0.3 is 11.4 Å². The number of hydrogen-bond acceptors (Lipinski definition) is 5. The fourth-order valence-electron chi connectivity index (χ4n) is 3.28. The lowest BCUT2D eigenvalue weighted by atomic mass is 10.2. The summed E-state index contributed by atoms with van der Waals surface area (Å²) in [5.74, 6) is -1.78. The van der Waals surface area contributed by atoms with E-state index in [9.17, 15) is 28.9 Å². The molecule has 1 amide bonds. The van der Waals surface area contributed by atoms with Crippen LogP contribution >= 0.6 is 0 Å². The van der Waals surface area contributed by atoms with Crippen LogP contribution in [0.1, 0.15) is 10.4 Å². The number of aromatic amines is 1. The monoisotopic (exact) mass is 423 g/mol. The summed E-state index contributed by atoms with van der Waals surface area (Å²) in [6, 6.07) is 11.2. The van der Waals surface area contributed by atoms with Crippen molar-refractivity contribution in [1.82, 2.24) is 14.1 Å². The van der Waals surface area contributed by atoms with Gasteiger partial charge in [-0.15, -0.1) is 0 Å². The van der Waals surface area contributed by atoms with Gasteiger partial charge in [-0.3, -0.25) is 19.7 Å². The van der Waals surface area contributed by atoms with Crippen molar-refractivity contribution in [3.63, 3.8) is 0 Å². The molecule has 0 spiro atoms. The van der Waals surface area contributed by atoms with E-state index in [2.05, 4.69) is 10.3 Å². The van der Waals surface area contributed by atoms with Crippen LogP contribution in [0.2, 0.25) is 0 Å². The van der Waals surface area contributed by atoms with E-state index in [-0.39, 0.29) is 22.3 Å². The number of halogens is 1. The number of amides is 1. The Bertz CT molecular complexity index is 1470. The van der Waals surface area contributed by atoms with Crippen LogP contribution in [0.4, 0.5) is 15.8 Å². The molecule has 10 nitrogen and oxygen atoms in total. The third-order valence-electron chi connectivity index (χ3n) is 4.68. The average molecular weight is 423 g/mol. The predicted octanol–water partition coefficient (Wildman–Crippen LogP) is 2.32. The molecule has 2 aromatic heterocycles. The summed E-state index contributed by atoms with van der Waals surface area (Å²) >= 11 is 0. The van der Waals surface area contributed by atoms with Crippen LogP contribution in [-0.2, 0) is 7.05 Å². The number of anilines is 1. The third kappa shape index (κ3) is 3.37. The van der Waals surface area contributed by atoms with Crippen LogP contribution in [0, 0.1) is 15.9 Å². The number of aromatic nitrogens is 3. The van der Waals surface area contributed by atoms with E-state index in [4.69, 9.17) is 0 Å². The molecule has 0 saturated carbocycles. The summed E-state index contributed by atoms with van der Waals surface area (Å²) in [4.78, 5) is 50.9. The Kier molecular flexibility index (Phi) is 4.70. The Hall–Kier alpha value is -4.54. The number of carbonyl (C=O) groups is 1. The molecular formula is C20H14FN5O5. The van der Waals surface area contributed by atoms with Crippen LogP contribution in [0.25, 0.3) is 16.7 Å². The van der Waals surface area contributed by atoms with Gasteiger partial charge in [-0.1, -0.05) is 18.2 Å². The molecule has 0 bridgehead atoms. The first-order valence-electron chi connectivity index (χ1n) is 8.93. The fourth-order valence-corrected chi connectivity index (χ4v) is 3.28. The molecule has 4 rings (SSSR count).